The fourth-order valence-electron chi connectivity index (χ4n) is 6.87. The van der Waals surface area contributed by atoms with Crippen LogP contribution < -0.4 is 11.1 Å². The van der Waals surface area contributed by atoms with Crippen LogP contribution in [0.4, 0.5) is 11.6 Å². The molecule has 10 atom stereocenters. The number of anilines is 2. The third-order valence-corrected chi connectivity index (χ3v) is 12.2. The second-order valence-electron chi connectivity index (χ2n) is 11.9. The number of thiol groups is 1. The quantitative estimate of drug-likeness (QED) is 0.127. The number of aliphatic hydroxyl groups is 2. The van der Waals surface area contributed by atoms with Crippen LogP contribution in [0.1, 0.15) is 30.7 Å². The number of aryl methyl sites for hydroxylation is 1. The summed E-state index contributed by atoms with van der Waals surface area (Å²) in [6, 6.07) is -0.579. The van der Waals surface area contributed by atoms with Gasteiger partial charge in [0.25, 0.3) is 0 Å². The molecule has 6 N–H and O–H groups in total. The maximum Gasteiger partial charge on any atom is 0.386 e. The topological polar surface area (TPSA) is 236 Å². The van der Waals surface area contributed by atoms with Crippen LogP contribution in [0.3, 0.4) is 0 Å². The summed E-state index contributed by atoms with van der Waals surface area (Å²) in [7, 11) is 0. The van der Waals surface area contributed by atoms with Crippen molar-refractivity contribution in [1.82, 2.24) is 34.1 Å². The molecule has 252 valence electrons. The number of nitrogens with two attached hydrogens (primary N) is 1. The second-order valence-corrected chi connectivity index (χ2v) is 17.5. The van der Waals surface area contributed by atoms with Gasteiger partial charge in [-0.2, -0.15) is 0 Å². The molecule has 4 aromatic rings. The van der Waals surface area contributed by atoms with Crippen molar-refractivity contribution in [3.63, 3.8) is 0 Å². The van der Waals surface area contributed by atoms with Crippen LogP contribution >= 0.6 is 25.8 Å². The number of aliphatic hydroxyl groups excluding tert-OH is 2. The molecule has 0 spiro atoms. The van der Waals surface area contributed by atoms with Gasteiger partial charge in [-0.05, 0) is 36.6 Å². The normalized spacial score (nSPS) is 37.9. The number of rotatable bonds is 2. The van der Waals surface area contributed by atoms with E-state index in [1.807, 2.05) is 10.8 Å². The van der Waals surface area contributed by atoms with E-state index in [4.69, 9.17) is 40.4 Å². The maximum atomic E-state index is 13.7. The van der Waals surface area contributed by atoms with E-state index in [2.05, 4.69) is 42.5 Å². The van der Waals surface area contributed by atoms with Crippen molar-refractivity contribution in [2.75, 3.05) is 30.8 Å². The van der Waals surface area contributed by atoms with Crippen molar-refractivity contribution in [1.29, 1.82) is 0 Å². The fraction of sp³-hybridized carbons (Fsp3) is 0.560. The average Bonchev–Trinajstić information content (AvgIpc) is 3.74. The predicted molar refractivity (Wildman–Crippen MR) is 172 cm³/mol. The van der Waals surface area contributed by atoms with Crippen molar-refractivity contribution in [3.8, 4) is 0 Å². The Morgan fingerprint density at radius 2 is 1.83 bits per heavy atom. The van der Waals surface area contributed by atoms with Gasteiger partial charge in [0, 0.05) is 18.7 Å². The summed E-state index contributed by atoms with van der Waals surface area (Å²) in [5.41, 5.74) is 8.17. The molecule has 3 aliphatic heterocycles. The molecule has 3 fully saturated rings. The first-order valence-corrected chi connectivity index (χ1v) is 20.1. The maximum absolute atomic E-state index is 13.7. The summed E-state index contributed by atoms with van der Waals surface area (Å²) in [5, 5.41) is 27.1. The van der Waals surface area contributed by atoms with Crippen molar-refractivity contribution >= 4 is 71.4 Å². The predicted octanol–water partition coefficient (Wildman–Crippen LogP) is 1.46. The summed E-state index contributed by atoms with van der Waals surface area (Å²) in [4.78, 5) is 32.5. The van der Waals surface area contributed by atoms with Gasteiger partial charge in [-0.15, -0.1) is 0 Å². The van der Waals surface area contributed by atoms with Gasteiger partial charge >= 0.3 is 13.5 Å². The Balaban J connectivity index is 1.11. The number of hydrogen-bond donors (Lipinski definition) is 6. The molecule has 18 nitrogen and oxygen atoms in total. The van der Waals surface area contributed by atoms with E-state index in [0.717, 1.165) is 36.2 Å². The Morgan fingerprint density at radius 3 is 2.68 bits per heavy atom. The number of nitrogens with zero attached hydrogens (tertiary/aromatic N) is 7. The second kappa shape index (κ2) is 11.9. The highest BCUT2D eigenvalue weighted by Crippen LogP contribution is 2.59. The van der Waals surface area contributed by atoms with E-state index in [-0.39, 0.29) is 30.0 Å². The number of hydrogen-bond acceptors (Lipinski definition) is 16. The Bertz CT molecular complexity index is 1950. The molecule has 0 aromatic carbocycles. The van der Waals surface area contributed by atoms with Gasteiger partial charge in [0.05, 0.1) is 31.0 Å². The minimum Gasteiger partial charge on any atom is -0.388 e. The Labute approximate surface area is 276 Å². The third-order valence-electron chi connectivity index (χ3n) is 9.04. The summed E-state index contributed by atoms with van der Waals surface area (Å²) < 4.78 is 46.3. The van der Waals surface area contributed by atoms with Gasteiger partial charge in [-0.1, -0.05) is 12.2 Å². The highest BCUT2D eigenvalue weighted by molar-refractivity contribution is 8.44. The molecule has 2 saturated heterocycles. The Kier molecular flexibility index (Phi) is 8.10. The first-order chi connectivity index (χ1) is 22.5. The Morgan fingerprint density at radius 1 is 1.02 bits per heavy atom. The van der Waals surface area contributed by atoms with Crippen LogP contribution in [-0.2, 0) is 45.6 Å². The average molecular weight is 728 g/mol. The number of imidazole rings is 1. The van der Waals surface area contributed by atoms with Crippen LogP contribution in [0.5, 0.6) is 0 Å². The van der Waals surface area contributed by atoms with Gasteiger partial charge in [0.15, 0.2) is 17.7 Å². The number of ether oxygens (including phenoxy) is 1. The zero-order valence-corrected chi connectivity index (χ0v) is 27.9. The number of nitrogen functional groups attached to an aromatic ring is 1. The lowest BCUT2D eigenvalue weighted by molar-refractivity contribution is -0.0539. The molecule has 4 aromatic heterocycles. The zero-order valence-electron chi connectivity index (χ0n) is 24.4. The first kappa shape index (κ1) is 31.9. The van der Waals surface area contributed by atoms with E-state index in [0.29, 0.717) is 5.65 Å². The van der Waals surface area contributed by atoms with Crippen molar-refractivity contribution in [2.45, 2.75) is 62.1 Å². The van der Waals surface area contributed by atoms with E-state index >= 15 is 0 Å². The lowest BCUT2D eigenvalue weighted by atomic mass is 10.1. The molecule has 4 aliphatic rings. The number of nitrogens with one attached hydrogen (secondary N) is 1. The lowest BCUT2D eigenvalue weighted by Crippen LogP contribution is -2.35. The van der Waals surface area contributed by atoms with E-state index < -0.39 is 68.8 Å². The molecule has 1 saturated carbocycles. The molecule has 22 heteroatoms. The molecule has 1 aliphatic carbocycles. The van der Waals surface area contributed by atoms with Crippen LogP contribution in [0.25, 0.3) is 22.2 Å². The molecule has 0 radical (unpaired) electrons. The minimum absolute atomic E-state index is 0.122. The lowest BCUT2D eigenvalue weighted by Gasteiger charge is -2.28. The smallest absolute Gasteiger partial charge is 0.386 e. The highest BCUT2D eigenvalue weighted by atomic mass is 32.7. The Hall–Kier alpha value is -2.32. The van der Waals surface area contributed by atoms with Gasteiger partial charge in [-0.25, -0.2) is 29.5 Å². The van der Waals surface area contributed by atoms with Crippen LogP contribution in [0.15, 0.2) is 25.2 Å². The fourth-order valence-corrected chi connectivity index (χ4v) is 9.86. The third kappa shape index (κ3) is 5.67. The molecule has 8 rings (SSSR count). The van der Waals surface area contributed by atoms with E-state index in [1.165, 1.54) is 23.5 Å². The molecule has 2 bridgehead atoms. The van der Waals surface area contributed by atoms with Gasteiger partial charge in [0.1, 0.15) is 60.2 Å². The molecular formula is C25H31N9O9P2S2. The molecule has 0 amide bonds. The van der Waals surface area contributed by atoms with Gasteiger partial charge in [-0.3, -0.25) is 9.09 Å². The molecule has 47 heavy (non-hydrogen) atoms. The van der Waals surface area contributed by atoms with E-state index in [1.54, 1.807) is 0 Å². The van der Waals surface area contributed by atoms with Crippen LogP contribution in [0.2, 0.25) is 0 Å². The van der Waals surface area contributed by atoms with Gasteiger partial charge < -0.3 is 49.0 Å². The summed E-state index contributed by atoms with van der Waals surface area (Å²) >= 11 is 9.59. The van der Waals surface area contributed by atoms with Crippen LogP contribution in [0, 0.1) is 5.92 Å². The highest BCUT2D eigenvalue weighted by Gasteiger charge is 2.52. The summed E-state index contributed by atoms with van der Waals surface area (Å²) in [6.45, 7) is -8.18. The van der Waals surface area contributed by atoms with Crippen molar-refractivity contribution in [2.24, 2.45) is 5.92 Å². The van der Waals surface area contributed by atoms with Gasteiger partial charge in [0.2, 0.25) is 0 Å². The zero-order chi connectivity index (χ0) is 32.7. The molecule has 7 heterocycles. The number of fused-ring (bicyclic) bond motifs is 4. The SMILES string of the molecule is Nc1ncnc2c1ncn2[C@@H]1O[C@@H]2COP(O)(=S)O[C@@H]3[C@@H](COP(=O)(S)O[C@@H]1[C@@H]2O)C[C@@H](n1cc2c4c(ncnc41)NCCC2)[C@@H]3O. The largest absolute Gasteiger partial charge is 0.388 e. The van der Waals surface area contributed by atoms with Crippen molar-refractivity contribution < 1.29 is 42.5 Å². The van der Waals surface area contributed by atoms with Crippen LogP contribution in [-0.4, -0.2) is 99.4 Å². The minimum atomic E-state index is -4.21. The molecule has 2 unspecified atom stereocenters. The van der Waals surface area contributed by atoms with Crippen molar-refractivity contribution in [3.05, 3.63) is 30.7 Å². The summed E-state index contributed by atoms with van der Waals surface area (Å²) in [6.07, 6.45) is 0.657. The monoisotopic (exact) mass is 727 g/mol. The van der Waals surface area contributed by atoms with E-state index in [9.17, 15) is 19.7 Å². The standard InChI is InChI=1S/C25H31N9O9P2S2/c26-21-16-24(31-8-28-21)34(10-32-16)25-20-18(36)14(41-25)7-40-45(38,47)42-19-12(6-39-44(37,46)43-20)4-13(17(19)35)33-5-11-2-1-3-27-22-15(11)23(33)30-9-29-22/h5,8-10,12-14,17-20,25,35-36H,1-4,6-7H2,(H,37,46)(H,38,47)(H2,26,28,31)(H,27,29,30)/t12-,13-,14-,17+,18-,19-,20-,25-,44?,45?/m1/s1. The first-order valence-electron chi connectivity index (χ1n) is 14.8. The number of aromatic nitrogens is 7. The summed E-state index contributed by atoms with van der Waals surface area (Å²) in [5.74, 6) is 0.203. The molecular weight excluding hydrogens is 696 g/mol.